The Morgan fingerprint density at radius 2 is 1.64 bits per heavy atom. The number of amides is 2. The van der Waals surface area contributed by atoms with Gasteiger partial charge in [-0.15, -0.1) is 0 Å². The van der Waals surface area contributed by atoms with Crippen LogP contribution in [0.2, 0.25) is 10.0 Å². The Morgan fingerprint density at radius 3 is 2.18 bits per heavy atom. The largest absolute Gasteiger partial charge is 0.340 e. The third kappa shape index (κ3) is 4.94. The molecule has 1 N–H and O–H groups in total. The molecule has 0 fully saturated rings. The Morgan fingerprint density at radius 1 is 1.04 bits per heavy atom. The van der Waals surface area contributed by atoms with Gasteiger partial charge in [-0.05, 0) is 60.4 Å². The van der Waals surface area contributed by atoms with Crippen LogP contribution in [-0.2, 0) is 4.79 Å². The van der Waals surface area contributed by atoms with Crippen molar-refractivity contribution < 1.29 is 9.59 Å². The van der Waals surface area contributed by atoms with E-state index in [0.717, 1.165) is 12.0 Å². The molecule has 146 valence electrons. The van der Waals surface area contributed by atoms with E-state index >= 15 is 0 Å². The van der Waals surface area contributed by atoms with E-state index in [-0.39, 0.29) is 11.8 Å². The van der Waals surface area contributed by atoms with Crippen LogP contribution in [0.4, 0.5) is 0 Å². The molecule has 0 spiro atoms. The number of benzene rings is 2. The quantitative estimate of drug-likeness (QED) is 0.759. The fraction of sp³-hybridized carbons (Fsp3) is 0.273. The average molecular weight is 417 g/mol. The molecule has 0 saturated heterocycles. The molecule has 1 aliphatic heterocycles. The number of carbonyl (C=O) groups is 2. The van der Waals surface area contributed by atoms with Gasteiger partial charge in [0.2, 0.25) is 5.91 Å². The van der Waals surface area contributed by atoms with Gasteiger partial charge in [0.05, 0.1) is 0 Å². The van der Waals surface area contributed by atoms with Gasteiger partial charge in [0, 0.05) is 28.7 Å². The molecule has 3 rings (SSSR count). The van der Waals surface area contributed by atoms with E-state index in [4.69, 9.17) is 23.2 Å². The molecule has 1 aliphatic rings. The van der Waals surface area contributed by atoms with Crippen LogP contribution in [0.15, 0.2) is 54.6 Å². The van der Waals surface area contributed by atoms with Crippen molar-refractivity contribution >= 4 is 40.6 Å². The van der Waals surface area contributed by atoms with E-state index in [9.17, 15) is 9.59 Å². The Labute approximate surface area is 175 Å². The van der Waals surface area contributed by atoms with Crippen molar-refractivity contribution in [3.63, 3.8) is 0 Å². The molecule has 0 saturated carbocycles. The van der Waals surface area contributed by atoms with Crippen LogP contribution in [0.3, 0.4) is 0 Å². The summed E-state index contributed by atoms with van der Waals surface area (Å²) in [6.07, 6.45) is 3.37. The summed E-state index contributed by atoms with van der Waals surface area (Å²) in [5.74, 6) is -0.331. The molecule has 6 heteroatoms. The minimum atomic E-state index is -0.548. The molecule has 2 aromatic carbocycles. The number of hydrogen-bond acceptors (Lipinski definition) is 2. The summed E-state index contributed by atoms with van der Waals surface area (Å²) >= 11 is 11.8. The molecule has 4 nitrogen and oxygen atoms in total. The zero-order chi connectivity index (χ0) is 20.1. The molecule has 1 heterocycles. The molecule has 28 heavy (non-hydrogen) atoms. The van der Waals surface area contributed by atoms with Gasteiger partial charge in [-0.25, -0.2) is 0 Å². The first-order chi connectivity index (χ1) is 13.5. The first kappa shape index (κ1) is 20.4. The first-order valence-electron chi connectivity index (χ1n) is 9.28. The molecule has 0 aromatic heterocycles. The van der Waals surface area contributed by atoms with E-state index in [1.165, 1.54) is 5.57 Å². The predicted molar refractivity (Wildman–Crippen MR) is 114 cm³/mol. The molecular formula is C22H22Cl2N2O2. The van der Waals surface area contributed by atoms with Crippen LogP contribution in [0.1, 0.15) is 35.7 Å². The molecule has 1 atom stereocenters. The number of rotatable bonds is 5. The van der Waals surface area contributed by atoms with Crippen LogP contribution in [0.25, 0.3) is 5.57 Å². The molecule has 0 radical (unpaired) electrons. The molecule has 2 amide bonds. The SMILES string of the molecule is CCC(NC(=O)c1ccc(Cl)cc1)C(=O)N1CC=C(c2ccc(Cl)cc2)CC1. The van der Waals surface area contributed by atoms with Crippen LogP contribution in [-0.4, -0.2) is 35.8 Å². The summed E-state index contributed by atoms with van der Waals surface area (Å²) in [7, 11) is 0. The second-order valence-corrected chi connectivity index (χ2v) is 7.58. The molecule has 2 aromatic rings. The van der Waals surface area contributed by atoms with Gasteiger partial charge in [0.15, 0.2) is 0 Å². The number of carbonyl (C=O) groups excluding carboxylic acids is 2. The normalized spacial score (nSPS) is 15.0. The number of halogens is 2. The van der Waals surface area contributed by atoms with Crippen molar-refractivity contribution in [2.24, 2.45) is 0 Å². The summed E-state index contributed by atoms with van der Waals surface area (Å²) in [6.45, 7) is 3.05. The lowest BCUT2D eigenvalue weighted by Crippen LogP contribution is -2.49. The summed E-state index contributed by atoms with van der Waals surface area (Å²) in [4.78, 5) is 27.1. The van der Waals surface area contributed by atoms with Gasteiger partial charge in [0.1, 0.15) is 6.04 Å². The Bertz CT molecular complexity index is 876. The smallest absolute Gasteiger partial charge is 0.251 e. The lowest BCUT2D eigenvalue weighted by Gasteiger charge is -2.30. The number of nitrogens with one attached hydrogen (secondary N) is 1. The minimum absolute atomic E-state index is 0.0591. The van der Waals surface area contributed by atoms with E-state index in [1.54, 1.807) is 29.2 Å². The van der Waals surface area contributed by atoms with E-state index < -0.39 is 6.04 Å². The standard InChI is InChI=1S/C22H22Cl2N2O2/c1-2-20(25-21(27)17-5-9-19(24)10-6-17)22(28)26-13-11-16(12-14-26)15-3-7-18(23)8-4-15/h3-11,20H,2,12-14H2,1H3,(H,25,27). The van der Waals surface area contributed by atoms with Crippen molar-refractivity contribution in [3.8, 4) is 0 Å². The lowest BCUT2D eigenvalue weighted by atomic mass is 9.99. The van der Waals surface area contributed by atoms with Gasteiger partial charge in [0.25, 0.3) is 5.91 Å². The highest BCUT2D eigenvalue weighted by molar-refractivity contribution is 6.30. The number of nitrogens with zero attached hydrogens (tertiary/aromatic N) is 1. The highest BCUT2D eigenvalue weighted by Crippen LogP contribution is 2.24. The monoisotopic (exact) mass is 416 g/mol. The maximum absolute atomic E-state index is 12.9. The zero-order valence-electron chi connectivity index (χ0n) is 15.6. The predicted octanol–water partition coefficient (Wildman–Crippen LogP) is 4.82. The fourth-order valence-electron chi connectivity index (χ4n) is 3.20. The Balaban J connectivity index is 1.63. The summed E-state index contributed by atoms with van der Waals surface area (Å²) in [5.41, 5.74) is 2.82. The van der Waals surface area contributed by atoms with Crippen LogP contribution < -0.4 is 5.32 Å². The topological polar surface area (TPSA) is 49.4 Å². The van der Waals surface area contributed by atoms with Crippen LogP contribution in [0, 0.1) is 0 Å². The van der Waals surface area contributed by atoms with Crippen LogP contribution in [0.5, 0.6) is 0 Å². The maximum Gasteiger partial charge on any atom is 0.251 e. The van der Waals surface area contributed by atoms with E-state index in [1.807, 2.05) is 31.2 Å². The van der Waals surface area contributed by atoms with Gasteiger partial charge < -0.3 is 10.2 Å². The molecule has 1 unspecified atom stereocenters. The third-order valence-corrected chi connectivity index (χ3v) is 5.36. The molecule has 0 bridgehead atoms. The van der Waals surface area contributed by atoms with Crippen molar-refractivity contribution in [3.05, 3.63) is 75.8 Å². The fourth-order valence-corrected chi connectivity index (χ4v) is 3.45. The van der Waals surface area contributed by atoms with E-state index in [0.29, 0.717) is 35.1 Å². The highest BCUT2D eigenvalue weighted by Gasteiger charge is 2.26. The first-order valence-corrected chi connectivity index (χ1v) is 10.0. The second kappa shape index (κ2) is 9.26. The summed E-state index contributed by atoms with van der Waals surface area (Å²) in [6, 6.07) is 13.8. The van der Waals surface area contributed by atoms with Gasteiger partial charge in [-0.2, -0.15) is 0 Å². The van der Waals surface area contributed by atoms with Crippen molar-refractivity contribution in [2.75, 3.05) is 13.1 Å². The van der Waals surface area contributed by atoms with Gasteiger partial charge >= 0.3 is 0 Å². The van der Waals surface area contributed by atoms with Crippen molar-refractivity contribution in [1.82, 2.24) is 10.2 Å². The minimum Gasteiger partial charge on any atom is -0.340 e. The van der Waals surface area contributed by atoms with Gasteiger partial charge in [-0.3, -0.25) is 9.59 Å². The Hall–Kier alpha value is -2.30. The molecule has 0 aliphatic carbocycles. The summed E-state index contributed by atoms with van der Waals surface area (Å²) in [5, 5.41) is 4.11. The van der Waals surface area contributed by atoms with Crippen molar-refractivity contribution in [2.45, 2.75) is 25.8 Å². The maximum atomic E-state index is 12.9. The third-order valence-electron chi connectivity index (χ3n) is 4.85. The molecular weight excluding hydrogens is 395 g/mol. The number of hydrogen-bond donors (Lipinski definition) is 1. The average Bonchev–Trinajstić information content (AvgIpc) is 2.72. The van der Waals surface area contributed by atoms with Crippen LogP contribution >= 0.6 is 23.2 Å². The second-order valence-electron chi connectivity index (χ2n) is 6.71. The zero-order valence-corrected chi connectivity index (χ0v) is 17.1. The lowest BCUT2D eigenvalue weighted by molar-refractivity contribution is -0.132. The summed E-state index contributed by atoms with van der Waals surface area (Å²) < 4.78 is 0. The Kier molecular flexibility index (Phi) is 6.76. The highest BCUT2D eigenvalue weighted by atomic mass is 35.5. The van der Waals surface area contributed by atoms with Gasteiger partial charge in [-0.1, -0.05) is 48.3 Å². The van der Waals surface area contributed by atoms with E-state index in [2.05, 4.69) is 11.4 Å². The van der Waals surface area contributed by atoms with Crippen molar-refractivity contribution in [1.29, 1.82) is 0 Å².